The molecule has 0 bridgehead atoms. The number of carbonyl (C=O) groups is 2. The Bertz CT molecular complexity index is 1410. The lowest BCUT2D eigenvalue weighted by Crippen LogP contribution is -2.36. The molecule has 0 aliphatic rings. The summed E-state index contributed by atoms with van der Waals surface area (Å²) in [7, 11) is 0. The van der Waals surface area contributed by atoms with E-state index in [0.717, 1.165) is 51.6 Å². The van der Waals surface area contributed by atoms with Crippen LogP contribution in [0.1, 0.15) is 50.2 Å². The number of hydrogen-bond acceptors (Lipinski definition) is 4. The number of anilines is 2. The van der Waals surface area contributed by atoms with Crippen molar-refractivity contribution < 1.29 is 19.4 Å². The molecule has 0 radical (unpaired) electrons. The third-order valence-electron chi connectivity index (χ3n) is 6.96. The zero-order valence-corrected chi connectivity index (χ0v) is 25.0. The normalized spacial score (nSPS) is 11.5. The molecule has 218 valence electrons. The van der Waals surface area contributed by atoms with Crippen LogP contribution in [0.15, 0.2) is 113 Å². The Morgan fingerprint density at radius 1 is 0.857 bits per heavy atom. The van der Waals surface area contributed by atoms with Gasteiger partial charge in [0, 0.05) is 27.7 Å². The summed E-state index contributed by atoms with van der Waals surface area (Å²) in [6.07, 6.45) is 3.35. The van der Waals surface area contributed by atoms with Gasteiger partial charge >= 0.3 is 12.0 Å². The van der Waals surface area contributed by atoms with E-state index in [2.05, 4.69) is 24.4 Å². The fourth-order valence-electron chi connectivity index (χ4n) is 4.54. The molecule has 0 saturated heterocycles. The molecule has 0 saturated carbocycles. The van der Waals surface area contributed by atoms with E-state index in [0.29, 0.717) is 25.3 Å². The molecule has 42 heavy (non-hydrogen) atoms. The largest absolute Gasteiger partial charge is 0.494 e. The average molecular weight is 583 g/mol. The molecule has 0 fully saturated rings. The highest BCUT2D eigenvalue weighted by Crippen LogP contribution is 2.31. The first-order chi connectivity index (χ1) is 20.5. The quantitative estimate of drug-likeness (QED) is 0.145. The predicted octanol–water partition coefficient (Wildman–Crippen LogP) is 8.88. The number of unbranched alkanes of at least 4 members (excludes halogenated alkanes) is 1. The summed E-state index contributed by atoms with van der Waals surface area (Å²) >= 11 is 1.60. The second-order valence-electron chi connectivity index (χ2n) is 10.0. The van der Waals surface area contributed by atoms with Crippen LogP contribution in [0.4, 0.5) is 16.2 Å². The topological polar surface area (TPSA) is 78.9 Å². The van der Waals surface area contributed by atoms with E-state index >= 15 is 0 Å². The van der Waals surface area contributed by atoms with Gasteiger partial charge in [0.05, 0.1) is 12.5 Å². The standard InChI is InChI=1S/C35H38N2O4S/c1-3-5-25-41-30-17-13-28(14-18-30)36-35(40)37(24-23-26-9-7-6-8-10-26)29-15-21-32(22-16-29)42-31-19-11-27(12-20-31)33(4-2)34(38)39/h6-22,33H,3-5,23-25H2,1-2H3,(H,36,40)(H,38,39). The Labute approximate surface area is 252 Å². The molecule has 4 aromatic carbocycles. The summed E-state index contributed by atoms with van der Waals surface area (Å²) < 4.78 is 5.75. The van der Waals surface area contributed by atoms with E-state index in [4.69, 9.17) is 4.74 Å². The van der Waals surface area contributed by atoms with Gasteiger partial charge in [-0.15, -0.1) is 0 Å². The number of carboxylic acids is 1. The van der Waals surface area contributed by atoms with Crippen molar-refractivity contribution in [1.82, 2.24) is 0 Å². The van der Waals surface area contributed by atoms with Crippen LogP contribution < -0.4 is 15.0 Å². The SMILES string of the molecule is CCCCOc1ccc(NC(=O)N(CCc2ccccc2)c2ccc(Sc3ccc(C(CC)C(=O)O)cc3)cc2)cc1. The van der Waals surface area contributed by atoms with Crippen LogP contribution >= 0.6 is 11.8 Å². The van der Waals surface area contributed by atoms with Gasteiger partial charge in [-0.25, -0.2) is 4.79 Å². The number of carboxylic acid groups (broad SMARTS) is 1. The van der Waals surface area contributed by atoms with Crippen molar-refractivity contribution >= 4 is 35.1 Å². The first-order valence-corrected chi connectivity index (χ1v) is 15.2. The van der Waals surface area contributed by atoms with Crippen LogP contribution in [0.2, 0.25) is 0 Å². The lowest BCUT2D eigenvalue weighted by Gasteiger charge is -2.24. The van der Waals surface area contributed by atoms with Crippen molar-refractivity contribution in [3.63, 3.8) is 0 Å². The number of urea groups is 1. The molecular weight excluding hydrogens is 544 g/mol. The number of nitrogens with one attached hydrogen (secondary N) is 1. The zero-order chi connectivity index (χ0) is 29.7. The summed E-state index contributed by atoms with van der Waals surface area (Å²) in [5.41, 5.74) is 3.47. The molecule has 7 heteroatoms. The van der Waals surface area contributed by atoms with E-state index in [1.165, 1.54) is 0 Å². The molecule has 1 atom stereocenters. The second-order valence-corrected chi connectivity index (χ2v) is 11.2. The van der Waals surface area contributed by atoms with E-state index < -0.39 is 11.9 Å². The Morgan fingerprint density at radius 3 is 2.10 bits per heavy atom. The first-order valence-electron chi connectivity index (χ1n) is 14.4. The van der Waals surface area contributed by atoms with Gasteiger partial charge in [-0.05, 0) is 91.1 Å². The molecule has 0 aliphatic carbocycles. The molecule has 4 aromatic rings. The lowest BCUT2D eigenvalue weighted by molar-refractivity contribution is -0.138. The molecule has 0 spiro atoms. The monoisotopic (exact) mass is 582 g/mol. The third-order valence-corrected chi connectivity index (χ3v) is 7.97. The Balaban J connectivity index is 1.45. The number of nitrogens with zero attached hydrogens (tertiary/aromatic N) is 1. The van der Waals surface area contributed by atoms with Crippen LogP contribution in [-0.4, -0.2) is 30.3 Å². The van der Waals surface area contributed by atoms with Gasteiger partial charge in [0.1, 0.15) is 5.75 Å². The minimum absolute atomic E-state index is 0.203. The van der Waals surface area contributed by atoms with Crippen molar-refractivity contribution in [2.75, 3.05) is 23.4 Å². The number of carbonyl (C=O) groups excluding carboxylic acids is 1. The molecule has 0 aliphatic heterocycles. The highest BCUT2D eigenvalue weighted by molar-refractivity contribution is 7.99. The number of rotatable bonds is 14. The fraction of sp³-hybridized carbons (Fsp3) is 0.257. The zero-order valence-electron chi connectivity index (χ0n) is 24.2. The smallest absolute Gasteiger partial charge is 0.326 e. The van der Waals surface area contributed by atoms with E-state index in [9.17, 15) is 14.7 Å². The Morgan fingerprint density at radius 2 is 1.50 bits per heavy atom. The van der Waals surface area contributed by atoms with Gasteiger partial charge < -0.3 is 15.2 Å². The number of aliphatic carboxylic acids is 1. The Kier molecular flexibility index (Phi) is 11.5. The summed E-state index contributed by atoms with van der Waals surface area (Å²) in [5.74, 6) is -0.506. The molecule has 4 rings (SSSR count). The maximum atomic E-state index is 13.5. The van der Waals surface area contributed by atoms with Crippen LogP contribution in [-0.2, 0) is 11.2 Å². The highest BCUT2D eigenvalue weighted by Gasteiger charge is 2.18. The number of ether oxygens (including phenoxy) is 1. The highest BCUT2D eigenvalue weighted by atomic mass is 32.2. The second kappa shape index (κ2) is 15.7. The minimum Gasteiger partial charge on any atom is -0.494 e. The minimum atomic E-state index is -0.803. The van der Waals surface area contributed by atoms with Crippen LogP contribution in [0.25, 0.3) is 0 Å². The van der Waals surface area contributed by atoms with Gasteiger partial charge in [0.2, 0.25) is 0 Å². The van der Waals surface area contributed by atoms with Gasteiger partial charge in [0.25, 0.3) is 0 Å². The van der Waals surface area contributed by atoms with Crippen molar-refractivity contribution in [1.29, 1.82) is 0 Å². The number of amides is 2. The summed E-state index contributed by atoms with van der Waals surface area (Å²) in [4.78, 5) is 28.8. The molecule has 1 unspecified atom stereocenters. The summed E-state index contributed by atoms with van der Waals surface area (Å²) in [6.45, 7) is 5.21. The van der Waals surface area contributed by atoms with Gasteiger partial charge in [-0.1, -0.05) is 74.5 Å². The van der Waals surface area contributed by atoms with E-state index in [1.807, 2.05) is 97.9 Å². The number of hydrogen-bond donors (Lipinski definition) is 2. The first kappa shape index (κ1) is 30.7. The molecule has 6 nitrogen and oxygen atoms in total. The molecule has 0 aromatic heterocycles. The van der Waals surface area contributed by atoms with Crippen molar-refractivity contribution in [3.8, 4) is 5.75 Å². The third kappa shape index (κ3) is 8.88. The van der Waals surface area contributed by atoms with Crippen LogP contribution in [0, 0.1) is 0 Å². The van der Waals surface area contributed by atoms with Crippen molar-refractivity contribution in [3.05, 3.63) is 114 Å². The summed E-state index contributed by atoms with van der Waals surface area (Å²) in [5, 5.41) is 12.5. The van der Waals surface area contributed by atoms with E-state index in [1.54, 1.807) is 16.7 Å². The van der Waals surface area contributed by atoms with Gasteiger partial charge in [-0.3, -0.25) is 9.69 Å². The van der Waals surface area contributed by atoms with Crippen molar-refractivity contribution in [2.24, 2.45) is 0 Å². The lowest BCUT2D eigenvalue weighted by atomic mass is 9.97. The molecular formula is C35H38N2O4S. The Hall–Kier alpha value is -4.23. The van der Waals surface area contributed by atoms with Crippen molar-refractivity contribution in [2.45, 2.75) is 55.2 Å². The maximum absolute atomic E-state index is 13.5. The average Bonchev–Trinajstić information content (AvgIpc) is 3.00. The maximum Gasteiger partial charge on any atom is 0.326 e. The van der Waals surface area contributed by atoms with Gasteiger partial charge in [0.15, 0.2) is 0 Å². The van der Waals surface area contributed by atoms with E-state index in [-0.39, 0.29) is 6.03 Å². The van der Waals surface area contributed by atoms with Crippen LogP contribution in [0.3, 0.4) is 0 Å². The fourth-order valence-corrected chi connectivity index (χ4v) is 5.36. The molecule has 2 N–H and O–H groups in total. The predicted molar refractivity (Wildman–Crippen MR) is 171 cm³/mol. The van der Waals surface area contributed by atoms with Gasteiger partial charge in [-0.2, -0.15) is 0 Å². The number of benzene rings is 4. The summed E-state index contributed by atoms with van der Waals surface area (Å²) in [6, 6.07) is 33.0. The van der Waals surface area contributed by atoms with Crippen LogP contribution in [0.5, 0.6) is 5.75 Å². The molecule has 0 heterocycles. The molecule has 2 amide bonds.